The molecular weight excluding hydrogens is 386 g/mol. The number of nitrogens with one attached hydrogen (secondary N) is 2. The maximum Gasteiger partial charge on any atom is 0.361 e. The standard InChI is InChI=1S/C22H21N3O5/c1-14-12-19(25-30-14)22(28)29-13-20(26)24-18-11-7-6-10-17(18)21(27)23-15(2)16-8-4-3-5-9-16/h3-12,15H,13H2,1-2H3,(H,23,27)(H,24,26)/t15-/m1/s1. The number of esters is 1. The molecule has 30 heavy (non-hydrogen) atoms. The molecule has 0 spiro atoms. The Kier molecular flexibility index (Phi) is 6.59. The minimum atomic E-state index is -0.773. The monoisotopic (exact) mass is 407 g/mol. The number of ether oxygens (including phenoxy) is 1. The fourth-order valence-corrected chi connectivity index (χ4v) is 2.74. The molecule has 0 aliphatic carbocycles. The first-order chi connectivity index (χ1) is 14.4. The van der Waals surface area contributed by atoms with Gasteiger partial charge >= 0.3 is 5.97 Å². The molecule has 0 aliphatic heterocycles. The third kappa shape index (κ3) is 5.32. The number of hydrogen-bond acceptors (Lipinski definition) is 6. The fourth-order valence-electron chi connectivity index (χ4n) is 2.74. The highest BCUT2D eigenvalue weighted by atomic mass is 16.5. The summed E-state index contributed by atoms with van der Waals surface area (Å²) in [5, 5.41) is 9.03. The van der Waals surface area contributed by atoms with Crippen LogP contribution < -0.4 is 10.6 Å². The van der Waals surface area contributed by atoms with Gasteiger partial charge in [0, 0.05) is 6.07 Å². The summed E-state index contributed by atoms with van der Waals surface area (Å²) in [6.45, 7) is 2.98. The van der Waals surface area contributed by atoms with Gasteiger partial charge in [-0.2, -0.15) is 0 Å². The maximum atomic E-state index is 12.7. The van der Waals surface area contributed by atoms with Gasteiger partial charge in [0.05, 0.1) is 17.3 Å². The predicted octanol–water partition coefficient (Wildman–Crippen LogP) is 3.27. The summed E-state index contributed by atoms with van der Waals surface area (Å²) in [6, 6.07) is 17.3. The SMILES string of the molecule is Cc1cc(C(=O)OCC(=O)Nc2ccccc2C(=O)N[C@H](C)c2ccccc2)no1. The average Bonchev–Trinajstić information content (AvgIpc) is 3.19. The largest absolute Gasteiger partial charge is 0.451 e. The second-order valence-corrected chi connectivity index (χ2v) is 6.60. The molecule has 2 amide bonds. The molecular formula is C22H21N3O5. The molecule has 0 unspecified atom stereocenters. The van der Waals surface area contributed by atoms with E-state index in [0.717, 1.165) is 5.56 Å². The first-order valence-corrected chi connectivity index (χ1v) is 9.29. The highest BCUT2D eigenvalue weighted by Crippen LogP contribution is 2.18. The van der Waals surface area contributed by atoms with E-state index in [2.05, 4.69) is 15.8 Å². The maximum absolute atomic E-state index is 12.7. The van der Waals surface area contributed by atoms with E-state index in [1.165, 1.54) is 6.07 Å². The highest BCUT2D eigenvalue weighted by Gasteiger charge is 2.18. The normalized spacial score (nSPS) is 11.4. The van der Waals surface area contributed by atoms with E-state index in [-0.39, 0.29) is 17.6 Å². The zero-order valence-electron chi connectivity index (χ0n) is 16.5. The Balaban J connectivity index is 1.61. The van der Waals surface area contributed by atoms with Gasteiger partial charge in [0.1, 0.15) is 5.76 Å². The molecule has 0 saturated carbocycles. The van der Waals surface area contributed by atoms with Crippen molar-refractivity contribution in [3.8, 4) is 0 Å². The second-order valence-electron chi connectivity index (χ2n) is 6.60. The van der Waals surface area contributed by atoms with E-state index < -0.39 is 18.5 Å². The summed E-state index contributed by atoms with van der Waals surface area (Å²) in [6.07, 6.45) is 0. The van der Waals surface area contributed by atoms with E-state index in [9.17, 15) is 14.4 Å². The number of aryl methyl sites for hydroxylation is 1. The lowest BCUT2D eigenvalue weighted by Gasteiger charge is -2.16. The summed E-state index contributed by atoms with van der Waals surface area (Å²) in [5.74, 6) is -1.24. The molecule has 3 rings (SSSR count). The van der Waals surface area contributed by atoms with Crippen LogP contribution in [0.4, 0.5) is 5.69 Å². The smallest absolute Gasteiger partial charge is 0.361 e. The Labute approximate surface area is 173 Å². The summed E-state index contributed by atoms with van der Waals surface area (Å²) in [4.78, 5) is 36.8. The Morgan fingerprint density at radius 1 is 1.07 bits per heavy atom. The van der Waals surface area contributed by atoms with Crippen LogP contribution in [0.3, 0.4) is 0 Å². The predicted molar refractivity (Wildman–Crippen MR) is 109 cm³/mol. The van der Waals surface area contributed by atoms with Crippen molar-refractivity contribution in [3.63, 3.8) is 0 Å². The zero-order chi connectivity index (χ0) is 21.5. The Bertz CT molecular complexity index is 1050. The van der Waals surface area contributed by atoms with E-state index in [0.29, 0.717) is 17.0 Å². The van der Waals surface area contributed by atoms with Crippen molar-refractivity contribution in [2.75, 3.05) is 11.9 Å². The molecule has 0 saturated heterocycles. The van der Waals surface area contributed by atoms with E-state index in [1.54, 1.807) is 31.2 Å². The lowest BCUT2D eigenvalue weighted by atomic mass is 10.1. The molecule has 1 aromatic heterocycles. The van der Waals surface area contributed by atoms with Crippen LogP contribution in [0.2, 0.25) is 0 Å². The van der Waals surface area contributed by atoms with Crippen LogP contribution in [0.1, 0.15) is 45.1 Å². The van der Waals surface area contributed by atoms with Crippen LogP contribution in [-0.4, -0.2) is 29.5 Å². The molecule has 8 heteroatoms. The number of nitrogens with zero attached hydrogens (tertiary/aromatic N) is 1. The van der Waals surface area contributed by atoms with Crippen molar-refractivity contribution >= 4 is 23.5 Å². The van der Waals surface area contributed by atoms with Crippen LogP contribution in [0.15, 0.2) is 65.2 Å². The average molecular weight is 407 g/mol. The number of rotatable bonds is 7. The van der Waals surface area contributed by atoms with E-state index in [4.69, 9.17) is 9.26 Å². The van der Waals surface area contributed by atoms with Gasteiger partial charge in [-0.1, -0.05) is 47.6 Å². The number of amides is 2. The number of anilines is 1. The molecule has 1 atom stereocenters. The van der Waals surface area contributed by atoms with Crippen molar-refractivity contribution in [1.29, 1.82) is 0 Å². The molecule has 0 aliphatic rings. The number of carbonyl (C=O) groups is 3. The molecule has 2 aromatic carbocycles. The molecule has 154 valence electrons. The second kappa shape index (κ2) is 9.51. The molecule has 2 N–H and O–H groups in total. The lowest BCUT2D eigenvalue weighted by Crippen LogP contribution is -2.28. The number of benzene rings is 2. The number of aromatic nitrogens is 1. The summed E-state index contributed by atoms with van der Waals surface area (Å²) in [5.41, 5.74) is 1.55. The van der Waals surface area contributed by atoms with Gasteiger partial charge in [-0.15, -0.1) is 0 Å². The highest BCUT2D eigenvalue weighted by molar-refractivity contribution is 6.04. The minimum absolute atomic E-state index is 0.0185. The van der Waals surface area contributed by atoms with Crippen molar-refractivity contribution in [1.82, 2.24) is 10.5 Å². The van der Waals surface area contributed by atoms with Crippen LogP contribution >= 0.6 is 0 Å². The lowest BCUT2D eigenvalue weighted by molar-refractivity contribution is -0.119. The van der Waals surface area contributed by atoms with Gasteiger partial charge in [-0.05, 0) is 31.5 Å². The first-order valence-electron chi connectivity index (χ1n) is 9.29. The Morgan fingerprint density at radius 2 is 1.77 bits per heavy atom. The summed E-state index contributed by atoms with van der Waals surface area (Å²) < 4.78 is 9.72. The zero-order valence-corrected chi connectivity index (χ0v) is 16.5. The van der Waals surface area contributed by atoms with Gasteiger partial charge < -0.3 is 19.9 Å². The quantitative estimate of drug-likeness (QED) is 0.582. The van der Waals surface area contributed by atoms with Gasteiger partial charge in [0.15, 0.2) is 12.3 Å². The number of para-hydroxylation sites is 1. The third-order valence-electron chi connectivity index (χ3n) is 4.26. The van der Waals surface area contributed by atoms with Gasteiger partial charge in [-0.3, -0.25) is 9.59 Å². The Hall–Kier alpha value is -3.94. The van der Waals surface area contributed by atoms with E-state index >= 15 is 0 Å². The molecule has 1 heterocycles. The van der Waals surface area contributed by atoms with Gasteiger partial charge in [0.25, 0.3) is 11.8 Å². The van der Waals surface area contributed by atoms with Crippen molar-refractivity contribution in [2.45, 2.75) is 19.9 Å². The van der Waals surface area contributed by atoms with Crippen LogP contribution in [0, 0.1) is 6.92 Å². The first kappa shape index (κ1) is 20.8. The van der Waals surface area contributed by atoms with Crippen LogP contribution in [0.5, 0.6) is 0 Å². The van der Waals surface area contributed by atoms with Crippen LogP contribution in [0.25, 0.3) is 0 Å². The number of hydrogen-bond donors (Lipinski definition) is 2. The number of carbonyl (C=O) groups excluding carboxylic acids is 3. The summed E-state index contributed by atoms with van der Waals surface area (Å²) >= 11 is 0. The molecule has 0 radical (unpaired) electrons. The molecule has 3 aromatic rings. The molecule has 0 fully saturated rings. The van der Waals surface area contributed by atoms with Crippen LogP contribution in [-0.2, 0) is 9.53 Å². The van der Waals surface area contributed by atoms with Gasteiger partial charge in [0.2, 0.25) is 0 Å². The molecule has 8 nitrogen and oxygen atoms in total. The minimum Gasteiger partial charge on any atom is -0.451 e. The Morgan fingerprint density at radius 3 is 2.47 bits per heavy atom. The third-order valence-corrected chi connectivity index (χ3v) is 4.26. The van der Waals surface area contributed by atoms with Crippen molar-refractivity contribution in [2.24, 2.45) is 0 Å². The van der Waals surface area contributed by atoms with Crippen molar-refractivity contribution in [3.05, 3.63) is 83.2 Å². The topological polar surface area (TPSA) is 111 Å². The molecule has 0 bridgehead atoms. The fraction of sp³-hybridized carbons (Fsp3) is 0.182. The van der Waals surface area contributed by atoms with E-state index in [1.807, 2.05) is 37.3 Å². The van der Waals surface area contributed by atoms with Crippen molar-refractivity contribution < 1.29 is 23.6 Å². The van der Waals surface area contributed by atoms with Gasteiger partial charge in [-0.25, -0.2) is 4.79 Å². The summed E-state index contributed by atoms with van der Waals surface area (Å²) in [7, 11) is 0.